The van der Waals surface area contributed by atoms with Gasteiger partial charge >= 0.3 is 0 Å². The molecule has 4 nitrogen and oxygen atoms in total. The predicted molar refractivity (Wildman–Crippen MR) is 45.6 cm³/mol. The summed E-state index contributed by atoms with van der Waals surface area (Å²) in [7, 11) is 0. The predicted octanol–water partition coefficient (Wildman–Crippen LogP) is 2.78. The zero-order valence-electron chi connectivity index (χ0n) is 6.64. The largest absolute Gasteiger partial charge is 0.291 e. The summed E-state index contributed by atoms with van der Waals surface area (Å²) in [5, 5.41) is 3.31. The van der Waals surface area contributed by atoms with Crippen molar-refractivity contribution in [2.45, 2.75) is 0 Å². The fourth-order valence-electron chi connectivity index (χ4n) is 0.843. The average molecular weight is 178 g/mol. The highest BCUT2D eigenvalue weighted by atomic mass is 18.2. The molecule has 0 bridgehead atoms. The molecule has 0 aliphatic heterocycles. The average Bonchev–Trinajstić information content (AvgIpc) is 2.18. The third kappa shape index (κ3) is 2.28. The number of nitrogens with zero attached hydrogens (tertiary/aromatic N) is 3. The molecule has 1 rings (SSSR count). The SMILES string of the molecule is [N-]=[N+]=Nc1ccc(C(=O)C[18F])cc1. The van der Waals surface area contributed by atoms with Crippen LogP contribution >= 0.6 is 0 Å². The molecule has 0 aromatic heterocycles. The normalized spacial score (nSPS) is 9.00. The molecule has 13 heavy (non-hydrogen) atoms. The van der Waals surface area contributed by atoms with Gasteiger partial charge in [-0.1, -0.05) is 29.4 Å². The van der Waals surface area contributed by atoms with Gasteiger partial charge in [0.1, 0.15) is 0 Å². The van der Waals surface area contributed by atoms with Gasteiger partial charge in [-0.25, -0.2) is 4.39 Å². The first-order valence-corrected chi connectivity index (χ1v) is 3.52. The highest BCUT2D eigenvalue weighted by Gasteiger charge is 2.03. The Hall–Kier alpha value is -1.87. The van der Waals surface area contributed by atoms with Gasteiger partial charge in [0.2, 0.25) is 0 Å². The van der Waals surface area contributed by atoms with Crippen molar-refractivity contribution in [1.29, 1.82) is 0 Å². The lowest BCUT2D eigenvalue weighted by Gasteiger charge is -1.95. The van der Waals surface area contributed by atoms with Gasteiger partial charge in [-0.2, -0.15) is 0 Å². The molecule has 0 spiro atoms. The van der Waals surface area contributed by atoms with E-state index >= 15 is 0 Å². The van der Waals surface area contributed by atoms with Gasteiger partial charge in [0.05, 0.1) is 0 Å². The van der Waals surface area contributed by atoms with Crippen LogP contribution in [0.25, 0.3) is 10.4 Å². The van der Waals surface area contributed by atoms with E-state index < -0.39 is 12.5 Å². The van der Waals surface area contributed by atoms with Crippen molar-refractivity contribution in [3.63, 3.8) is 0 Å². The molecule has 0 aliphatic carbocycles. The Bertz CT molecular complexity index is 354. The van der Waals surface area contributed by atoms with Crippen molar-refractivity contribution in [3.8, 4) is 0 Å². The first kappa shape index (κ1) is 9.22. The van der Waals surface area contributed by atoms with Gasteiger partial charge in [-0.3, -0.25) is 4.79 Å². The number of halogens is 1. The molecule has 0 atom stereocenters. The van der Waals surface area contributed by atoms with E-state index in [4.69, 9.17) is 5.53 Å². The number of carbonyl (C=O) groups excluding carboxylic acids is 1. The van der Waals surface area contributed by atoms with Crippen LogP contribution < -0.4 is 0 Å². The summed E-state index contributed by atoms with van der Waals surface area (Å²) in [4.78, 5) is 13.4. The second-order valence-electron chi connectivity index (χ2n) is 2.29. The van der Waals surface area contributed by atoms with Gasteiger partial charge in [0.25, 0.3) is 0 Å². The minimum atomic E-state index is -1.01. The number of rotatable bonds is 3. The molecule has 0 radical (unpaired) electrons. The van der Waals surface area contributed by atoms with Gasteiger partial charge in [0.15, 0.2) is 12.5 Å². The summed E-state index contributed by atoms with van der Waals surface area (Å²) in [6.07, 6.45) is 0. The van der Waals surface area contributed by atoms with E-state index in [1.54, 1.807) is 0 Å². The summed E-state index contributed by atoms with van der Waals surface area (Å²) in [6, 6.07) is 5.77. The van der Waals surface area contributed by atoms with Crippen LogP contribution in [0.5, 0.6) is 0 Å². The minimum absolute atomic E-state index is 0.277. The standard InChI is InChI=1S/C8H6FN3O/c9-5-8(13)6-1-3-7(4-2-6)11-12-10/h1-4H,5H2/i9-1. The molecule has 0 fully saturated rings. The Morgan fingerprint density at radius 3 is 2.54 bits per heavy atom. The van der Waals surface area contributed by atoms with Crippen molar-refractivity contribution in [1.82, 2.24) is 0 Å². The van der Waals surface area contributed by atoms with Gasteiger partial charge < -0.3 is 0 Å². The number of hydrogen-bond acceptors (Lipinski definition) is 2. The first-order chi connectivity index (χ1) is 6.27. The highest BCUT2D eigenvalue weighted by Crippen LogP contribution is 2.13. The quantitative estimate of drug-likeness (QED) is 0.303. The first-order valence-electron chi connectivity index (χ1n) is 3.52. The Morgan fingerprint density at radius 1 is 1.46 bits per heavy atom. The number of Topliss-reactive ketones (excluding diaryl/α,β-unsaturated/α-hetero) is 1. The van der Waals surface area contributed by atoms with Crippen LogP contribution in [0.15, 0.2) is 29.4 Å². The van der Waals surface area contributed by atoms with Crippen LogP contribution in [0.1, 0.15) is 10.4 Å². The van der Waals surface area contributed by atoms with Crippen LogP contribution in [-0.4, -0.2) is 12.5 Å². The van der Waals surface area contributed by atoms with E-state index in [1.165, 1.54) is 24.3 Å². The Balaban J connectivity index is 2.93. The molecule has 66 valence electrons. The lowest BCUT2D eigenvalue weighted by atomic mass is 10.1. The summed E-state index contributed by atoms with van der Waals surface area (Å²) in [5.41, 5.74) is 8.75. The molecule has 0 saturated carbocycles. The summed E-state index contributed by atoms with van der Waals surface area (Å²) in [6.45, 7) is -1.01. The third-order valence-corrected chi connectivity index (χ3v) is 1.47. The summed E-state index contributed by atoms with van der Waals surface area (Å²) < 4.78 is 11.9. The molecule has 0 unspecified atom stereocenters. The number of alkyl halides is 1. The number of hydrogen-bond donors (Lipinski definition) is 0. The van der Waals surface area contributed by atoms with E-state index in [2.05, 4.69) is 10.0 Å². The molecule has 5 heteroatoms. The van der Waals surface area contributed by atoms with Crippen LogP contribution in [0.4, 0.5) is 10.1 Å². The van der Waals surface area contributed by atoms with Crippen LogP contribution in [0.2, 0.25) is 0 Å². The number of benzene rings is 1. The lowest BCUT2D eigenvalue weighted by molar-refractivity contribution is 0.0959. The topological polar surface area (TPSA) is 65.8 Å². The summed E-state index contributed by atoms with van der Waals surface area (Å²) in [5.74, 6) is -0.576. The molecule has 0 aliphatic rings. The maximum Gasteiger partial charge on any atom is 0.193 e. The van der Waals surface area contributed by atoms with Crippen molar-refractivity contribution in [2.24, 2.45) is 5.11 Å². The van der Waals surface area contributed by atoms with Crippen LogP contribution in [0, 0.1) is 0 Å². The fraction of sp³-hybridized carbons (Fsp3) is 0.125. The maximum atomic E-state index is 11.9. The zero-order chi connectivity index (χ0) is 9.68. The van der Waals surface area contributed by atoms with Crippen LogP contribution in [0.3, 0.4) is 0 Å². The van der Waals surface area contributed by atoms with Crippen molar-refractivity contribution >= 4 is 11.5 Å². The van der Waals surface area contributed by atoms with E-state index in [0.717, 1.165) is 0 Å². The Morgan fingerprint density at radius 2 is 2.08 bits per heavy atom. The molecule has 1 aromatic carbocycles. The van der Waals surface area contributed by atoms with Gasteiger partial charge in [-0.05, 0) is 5.53 Å². The molecule has 0 amide bonds. The molecule has 0 saturated heterocycles. The summed E-state index contributed by atoms with van der Waals surface area (Å²) >= 11 is 0. The van der Waals surface area contributed by atoms with Crippen molar-refractivity contribution in [2.75, 3.05) is 6.67 Å². The monoisotopic (exact) mass is 178 g/mol. The van der Waals surface area contributed by atoms with Crippen molar-refractivity contribution < 1.29 is 9.18 Å². The number of carbonyl (C=O) groups is 1. The minimum Gasteiger partial charge on any atom is -0.291 e. The van der Waals surface area contributed by atoms with E-state index in [-0.39, 0.29) is 5.56 Å². The second kappa shape index (κ2) is 4.23. The van der Waals surface area contributed by atoms with E-state index in [0.29, 0.717) is 5.69 Å². The van der Waals surface area contributed by atoms with Gasteiger partial charge in [-0.15, -0.1) is 0 Å². The second-order valence-corrected chi connectivity index (χ2v) is 2.29. The number of azide groups is 1. The van der Waals surface area contributed by atoms with Gasteiger partial charge in [0, 0.05) is 16.2 Å². The Labute approximate surface area is 73.6 Å². The molecular formula is C8H6FN3O. The maximum absolute atomic E-state index is 11.9. The molecule has 1 aromatic rings. The van der Waals surface area contributed by atoms with Crippen LogP contribution in [-0.2, 0) is 0 Å². The number of ketones is 1. The third-order valence-electron chi connectivity index (χ3n) is 1.47. The fourth-order valence-corrected chi connectivity index (χ4v) is 0.843. The molecular weight excluding hydrogens is 172 g/mol. The van der Waals surface area contributed by atoms with E-state index in [9.17, 15) is 9.18 Å². The molecule has 0 heterocycles. The highest BCUT2D eigenvalue weighted by molar-refractivity contribution is 5.97. The lowest BCUT2D eigenvalue weighted by Crippen LogP contribution is -1.99. The zero-order valence-corrected chi connectivity index (χ0v) is 6.64. The van der Waals surface area contributed by atoms with E-state index in [1.807, 2.05) is 0 Å². The smallest absolute Gasteiger partial charge is 0.193 e. The Kier molecular flexibility index (Phi) is 3.00. The van der Waals surface area contributed by atoms with Crippen molar-refractivity contribution in [3.05, 3.63) is 40.3 Å². The molecule has 0 N–H and O–H groups in total.